The van der Waals surface area contributed by atoms with Gasteiger partial charge in [-0.05, 0) is 44.5 Å². The molecule has 0 aliphatic carbocycles. The van der Waals surface area contributed by atoms with E-state index in [4.69, 9.17) is 16.2 Å². The van der Waals surface area contributed by atoms with E-state index in [1.54, 1.807) is 11.3 Å². The van der Waals surface area contributed by atoms with E-state index >= 15 is 0 Å². The van der Waals surface area contributed by atoms with Gasteiger partial charge in [-0.15, -0.1) is 16.4 Å². The Hall–Kier alpha value is -2.41. The fraction of sp³-hybridized carbons (Fsp3) is 0.421. The summed E-state index contributed by atoms with van der Waals surface area (Å²) in [5.41, 5.74) is 13.4. The van der Waals surface area contributed by atoms with E-state index in [2.05, 4.69) is 22.1 Å². The molecular weight excluding hydrogens is 346 g/mol. The van der Waals surface area contributed by atoms with Crippen LogP contribution in [-0.2, 0) is 0 Å². The third-order valence-corrected chi connectivity index (χ3v) is 5.12. The highest BCUT2D eigenvalue weighted by molar-refractivity contribution is 7.17. The summed E-state index contributed by atoms with van der Waals surface area (Å²) < 4.78 is 5.79. The molecule has 0 radical (unpaired) electrons. The van der Waals surface area contributed by atoms with Crippen molar-refractivity contribution in [1.82, 2.24) is 4.98 Å². The van der Waals surface area contributed by atoms with E-state index in [0.717, 1.165) is 45.6 Å². The Morgan fingerprint density at radius 1 is 1.12 bits per heavy atom. The first-order valence-electron chi connectivity index (χ1n) is 8.85. The first-order valence-corrected chi connectivity index (χ1v) is 9.67. The Morgan fingerprint density at radius 3 is 2.50 bits per heavy atom. The highest BCUT2D eigenvalue weighted by Gasteiger charge is 2.12. The largest absolute Gasteiger partial charge is 0.494 e. The van der Waals surface area contributed by atoms with E-state index in [1.165, 1.54) is 19.3 Å². The van der Waals surface area contributed by atoms with E-state index in [-0.39, 0.29) is 5.96 Å². The molecule has 0 amide bonds. The molecule has 140 valence electrons. The Balaban J connectivity index is 2.04. The fourth-order valence-electron chi connectivity index (χ4n) is 2.45. The number of aromatic nitrogens is 1. The van der Waals surface area contributed by atoms with Gasteiger partial charge >= 0.3 is 0 Å². The maximum Gasteiger partial charge on any atom is 0.211 e. The second-order valence-corrected chi connectivity index (χ2v) is 7.08. The van der Waals surface area contributed by atoms with Crippen molar-refractivity contribution < 1.29 is 4.74 Å². The van der Waals surface area contributed by atoms with Gasteiger partial charge in [0.15, 0.2) is 0 Å². The van der Waals surface area contributed by atoms with Crippen LogP contribution in [0.1, 0.15) is 50.1 Å². The molecule has 0 saturated heterocycles. The van der Waals surface area contributed by atoms with Crippen molar-refractivity contribution in [3.8, 4) is 16.3 Å². The zero-order valence-electron chi connectivity index (χ0n) is 15.7. The van der Waals surface area contributed by atoms with Crippen LogP contribution in [0.3, 0.4) is 0 Å². The number of thiazole rings is 1. The van der Waals surface area contributed by atoms with Crippen LogP contribution < -0.4 is 16.2 Å². The smallest absolute Gasteiger partial charge is 0.211 e. The van der Waals surface area contributed by atoms with Crippen molar-refractivity contribution in [2.75, 3.05) is 6.61 Å². The SMILES string of the molecule is CCCCCCOc1ccc(-c2nc(C)c(/C(C)=N/N=C(N)N)s2)cc1. The fourth-order valence-corrected chi connectivity index (χ4v) is 3.46. The van der Waals surface area contributed by atoms with Gasteiger partial charge in [-0.25, -0.2) is 4.98 Å². The average molecular weight is 374 g/mol. The first kappa shape index (κ1) is 19.9. The van der Waals surface area contributed by atoms with Crippen molar-refractivity contribution in [1.29, 1.82) is 0 Å². The lowest BCUT2D eigenvalue weighted by molar-refractivity contribution is 0.305. The molecule has 1 heterocycles. The minimum absolute atomic E-state index is 0.0583. The van der Waals surface area contributed by atoms with Crippen LogP contribution in [-0.4, -0.2) is 23.3 Å². The van der Waals surface area contributed by atoms with Gasteiger partial charge < -0.3 is 16.2 Å². The summed E-state index contributed by atoms with van der Waals surface area (Å²) in [5, 5.41) is 8.68. The molecule has 1 aromatic carbocycles. The van der Waals surface area contributed by atoms with Crippen molar-refractivity contribution in [2.45, 2.75) is 46.5 Å². The lowest BCUT2D eigenvalue weighted by Crippen LogP contribution is -2.22. The summed E-state index contributed by atoms with van der Waals surface area (Å²) in [6, 6.07) is 8.05. The predicted molar refractivity (Wildman–Crippen MR) is 110 cm³/mol. The van der Waals surface area contributed by atoms with Gasteiger partial charge in [0.1, 0.15) is 10.8 Å². The molecule has 0 aliphatic rings. The van der Waals surface area contributed by atoms with Crippen molar-refractivity contribution >= 4 is 23.0 Å². The number of ether oxygens (including phenoxy) is 1. The molecule has 0 unspecified atom stereocenters. The minimum Gasteiger partial charge on any atom is -0.494 e. The summed E-state index contributed by atoms with van der Waals surface area (Å²) in [7, 11) is 0. The molecule has 0 atom stereocenters. The lowest BCUT2D eigenvalue weighted by Gasteiger charge is -2.06. The molecule has 0 spiro atoms. The van der Waals surface area contributed by atoms with E-state index in [1.807, 2.05) is 38.1 Å². The Kier molecular flexibility index (Phi) is 7.59. The minimum atomic E-state index is -0.0583. The van der Waals surface area contributed by atoms with Gasteiger partial charge in [0.05, 0.1) is 22.9 Å². The molecule has 2 aromatic rings. The molecule has 0 saturated carbocycles. The van der Waals surface area contributed by atoms with Crippen molar-refractivity contribution in [3.05, 3.63) is 34.8 Å². The molecule has 2 rings (SSSR count). The number of hydrogen-bond donors (Lipinski definition) is 2. The summed E-state index contributed by atoms with van der Waals surface area (Å²) >= 11 is 1.57. The highest BCUT2D eigenvalue weighted by atomic mass is 32.1. The Labute approximate surface area is 159 Å². The third-order valence-electron chi connectivity index (χ3n) is 3.81. The van der Waals surface area contributed by atoms with Crippen LogP contribution in [0.15, 0.2) is 34.5 Å². The molecule has 0 bridgehead atoms. The summed E-state index contributed by atoms with van der Waals surface area (Å²) in [6.07, 6.45) is 4.82. The van der Waals surface area contributed by atoms with E-state index in [0.29, 0.717) is 0 Å². The zero-order valence-corrected chi connectivity index (χ0v) is 16.5. The maximum absolute atomic E-state index is 5.79. The molecule has 7 heteroatoms. The van der Waals surface area contributed by atoms with Crippen LogP contribution in [0, 0.1) is 6.92 Å². The normalized spacial score (nSPS) is 11.4. The van der Waals surface area contributed by atoms with Gasteiger partial charge in [-0.1, -0.05) is 26.2 Å². The summed E-state index contributed by atoms with van der Waals surface area (Å²) in [4.78, 5) is 5.61. The average Bonchev–Trinajstić information content (AvgIpc) is 3.02. The Morgan fingerprint density at radius 2 is 1.85 bits per heavy atom. The van der Waals surface area contributed by atoms with Crippen molar-refractivity contribution in [3.63, 3.8) is 0 Å². The topological polar surface area (TPSA) is 98.9 Å². The quantitative estimate of drug-likeness (QED) is 0.299. The standard InChI is InChI=1S/C19H27N5OS/c1-4-5-6-7-12-25-16-10-8-15(9-11-16)18-22-13(2)17(26-18)14(3)23-24-19(20)21/h8-11H,4-7,12H2,1-3H3,(H4,20,21,24)/b23-14+. The van der Waals surface area contributed by atoms with Crippen LogP contribution in [0.25, 0.3) is 10.6 Å². The number of unbranched alkanes of at least 4 members (excludes halogenated alkanes) is 3. The highest BCUT2D eigenvalue weighted by Crippen LogP contribution is 2.29. The van der Waals surface area contributed by atoms with Gasteiger partial charge in [-0.2, -0.15) is 5.10 Å². The van der Waals surface area contributed by atoms with E-state index in [9.17, 15) is 0 Å². The van der Waals surface area contributed by atoms with Gasteiger partial charge in [0.25, 0.3) is 0 Å². The molecular formula is C19H27N5OS. The number of rotatable bonds is 9. The van der Waals surface area contributed by atoms with E-state index < -0.39 is 0 Å². The summed E-state index contributed by atoms with van der Waals surface area (Å²) in [6.45, 7) is 6.80. The van der Waals surface area contributed by atoms with Gasteiger partial charge in [0.2, 0.25) is 5.96 Å². The Bertz CT molecular complexity index is 761. The molecule has 6 nitrogen and oxygen atoms in total. The number of benzene rings is 1. The monoisotopic (exact) mass is 373 g/mol. The van der Waals surface area contributed by atoms with Crippen molar-refractivity contribution in [2.24, 2.45) is 21.7 Å². The van der Waals surface area contributed by atoms with Crippen LogP contribution >= 0.6 is 11.3 Å². The lowest BCUT2D eigenvalue weighted by atomic mass is 10.2. The first-order chi connectivity index (χ1) is 12.5. The molecule has 0 fully saturated rings. The second kappa shape index (κ2) is 9.91. The van der Waals surface area contributed by atoms with Gasteiger partial charge in [0, 0.05) is 5.56 Å². The number of aryl methyl sites for hydroxylation is 1. The summed E-state index contributed by atoms with van der Waals surface area (Å²) in [5.74, 6) is 0.835. The molecule has 4 N–H and O–H groups in total. The maximum atomic E-state index is 5.79. The molecule has 26 heavy (non-hydrogen) atoms. The third kappa shape index (κ3) is 5.84. The van der Waals surface area contributed by atoms with Crippen LogP contribution in [0.4, 0.5) is 0 Å². The number of nitrogens with zero attached hydrogens (tertiary/aromatic N) is 3. The molecule has 0 aliphatic heterocycles. The van der Waals surface area contributed by atoms with Crippen LogP contribution in [0.2, 0.25) is 0 Å². The number of guanidine groups is 1. The predicted octanol–water partition coefficient (Wildman–Crippen LogP) is 4.08. The zero-order chi connectivity index (χ0) is 18.9. The van der Waals surface area contributed by atoms with Gasteiger partial charge in [-0.3, -0.25) is 0 Å². The number of nitrogens with two attached hydrogens (primary N) is 2. The van der Waals surface area contributed by atoms with Crippen LogP contribution in [0.5, 0.6) is 5.75 Å². The second-order valence-electron chi connectivity index (χ2n) is 6.08. The number of hydrogen-bond acceptors (Lipinski definition) is 5. The molecule has 1 aromatic heterocycles.